The van der Waals surface area contributed by atoms with Crippen LogP contribution in [0.25, 0.3) is 10.9 Å². The van der Waals surface area contributed by atoms with Crippen LogP contribution in [0, 0.1) is 11.3 Å². The highest BCUT2D eigenvalue weighted by molar-refractivity contribution is 5.84. The number of para-hydroxylation sites is 1. The van der Waals surface area contributed by atoms with Crippen molar-refractivity contribution in [3.05, 3.63) is 40.7 Å². The van der Waals surface area contributed by atoms with E-state index in [0.717, 1.165) is 5.52 Å². The van der Waals surface area contributed by atoms with Crippen molar-refractivity contribution in [1.82, 2.24) is 4.57 Å². The number of pyridine rings is 1. The molecule has 1 aromatic heterocycles. The van der Waals surface area contributed by atoms with E-state index in [1.165, 1.54) is 6.07 Å². The molecule has 0 aliphatic carbocycles. The molecule has 0 fully saturated rings. The molecule has 0 amide bonds. The molecular weight excluding hydrogens is 228 g/mol. The number of hydrogen-bond donors (Lipinski definition) is 0. The molecule has 0 spiro atoms. The molecule has 92 valence electrons. The van der Waals surface area contributed by atoms with Crippen LogP contribution >= 0.6 is 0 Å². The third-order valence-corrected chi connectivity index (χ3v) is 2.72. The first kappa shape index (κ1) is 12.2. The number of hydrogen-bond acceptors (Lipinski definition) is 3. The zero-order valence-electron chi connectivity index (χ0n) is 10.2. The van der Waals surface area contributed by atoms with E-state index in [4.69, 9.17) is 10.00 Å². The van der Waals surface area contributed by atoms with Crippen LogP contribution < -0.4 is 10.2 Å². The van der Waals surface area contributed by atoms with Gasteiger partial charge in [0, 0.05) is 24.2 Å². The first-order chi connectivity index (χ1) is 8.77. The van der Waals surface area contributed by atoms with Gasteiger partial charge in [-0.1, -0.05) is 6.07 Å². The molecule has 4 nitrogen and oxygen atoms in total. The Morgan fingerprint density at radius 3 is 2.94 bits per heavy atom. The van der Waals surface area contributed by atoms with Gasteiger partial charge in [0.2, 0.25) is 0 Å². The summed E-state index contributed by atoms with van der Waals surface area (Å²) in [7, 11) is 0. The molecule has 0 bridgehead atoms. The summed E-state index contributed by atoms with van der Waals surface area (Å²) in [5.74, 6) is 0.686. The molecule has 18 heavy (non-hydrogen) atoms. The number of ether oxygens (including phenoxy) is 1. The molecule has 1 heterocycles. The summed E-state index contributed by atoms with van der Waals surface area (Å²) in [5.41, 5.74) is 0.738. The highest BCUT2D eigenvalue weighted by atomic mass is 16.5. The number of rotatable bonds is 4. The zero-order valence-corrected chi connectivity index (χ0v) is 10.2. The minimum Gasteiger partial charge on any atom is -0.492 e. The largest absolute Gasteiger partial charge is 0.492 e. The van der Waals surface area contributed by atoms with Gasteiger partial charge in [0.25, 0.3) is 0 Å². The lowest BCUT2D eigenvalue weighted by molar-refractivity contribution is 0.342. The van der Waals surface area contributed by atoms with Crippen LogP contribution in [0.3, 0.4) is 0 Å². The van der Waals surface area contributed by atoms with Gasteiger partial charge < -0.3 is 9.30 Å². The van der Waals surface area contributed by atoms with Crippen LogP contribution in [0.1, 0.15) is 13.3 Å². The van der Waals surface area contributed by atoms with E-state index in [0.29, 0.717) is 30.7 Å². The van der Waals surface area contributed by atoms with Crippen molar-refractivity contribution in [3.8, 4) is 11.8 Å². The fourth-order valence-corrected chi connectivity index (χ4v) is 1.97. The predicted octanol–water partition coefficient (Wildman–Crippen LogP) is 2.31. The molecule has 2 aromatic rings. The molecule has 0 unspecified atom stereocenters. The maximum absolute atomic E-state index is 11.8. The predicted molar refractivity (Wildman–Crippen MR) is 69.6 cm³/mol. The highest BCUT2D eigenvalue weighted by Gasteiger charge is 2.08. The first-order valence-corrected chi connectivity index (χ1v) is 5.90. The second kappa shape index (κ2) is 5.37. The molecule has 0 saturated heterocycles. The lowest BCUT2D eigenvalue weighted by atomic mass is 10.2. The average Bonchev–Trinajstić information content (AvgIpc) is 2.39. The first-order valence-electron chi connectivity index (χ1n) is 5.90. The van der Waals surface area contributed by atoms with Crippen LogP contribution in [0.5, 0.6) is 5.75 Å². The lowest BCUT2D eigenvalue weighted by Crippen LogP contribution is -2.09. The van der Waals surface area contributed by atoms with Crippen molar-refractivity contribution in [2.75, 3.05) is 6.61 Å². The van der Waals surface area contributed by atoms with E-state index in [2.05, 4.69) is 6.07 Å². The van der Waals surface area contributed by atoms with Crippen molar-refractivity contribution < 1.29 is 4.74 Å². The third kappa shape index (κ3) is 2.21. The Hall–Kier alpha value is -2.28. The van der Waals surface area contributed by atoms with Crippen LogP contribution in [-0.4, -0.2) is 11.2 Å². The summed E-state index contributed by atoms with van der Waals surface area (Å²) in [6.45, 7) is 3.00. The van der Waals surface area contributed by atoms with Gasteiger partial charge in [0.05, 0.1) is 24.6 Å². The number of benzene rings is 1. The van der Waals surface area contributed by atoms with Crippen LogP contribution in [0.15, 0.2) is 35.3 Å². The fraction of sp³-hybridized carbons (Fsp3) is 0.286. The maximum Gasteiger partial charge on any atom is 0.189 e. The normalized spacial score (nSPS) is 10.2. The molecule has 1 aromatic carbocycles. The third-order valence-electron chi connectivity index (χ3n) is 2.72. The Balaban J connectivity index is 2.67. The van der Waals surface area contributed by atoms with Crippen molar-refractivity contribution in [1.29, 1.82) is 5.26 Å². The van der Waals surface area contributed by atoms with Gasteiger partial charge in [0.1, 0.15) is 5.75 Å². The Labute approximate surface area is 105 Å². The van der Waals surface area contributed by atoms with Gasteiger partial charge in [-0.2, -0.15) is 5.26 Å². The number of fused-ring (bicyclic) bond motifs is 1. The number of nitrogens with zero attached hydrogens (tertiary/aromatic N) is 2. The smallest absolute Gasteiger partial charge is 0.189 e. The second-order valence-electron chi connectivity index (χ2n) is 3.87. The fourth-order valence-electron chi connectivity index (χ4n) is 1.97. The standard InChI is InChI=1S/C14H14N2O2/c1-2-18-13-6-3-5-11-12(17)7-10-16(14(11)13)9-4-8-15/h3,5-7,10H,2,4,9H2,1H3. The van der Waals surface area contributed by atoms with Gasteiger partial charge >= 0.3 is 0 Å². The van der Waals surface area contributed by atoms with Crippen molar-refractivity contribution >= 4 is 10.9 Å². The zero-order chi connectivity index (χ0) is 13.0. The molecule has 0 aliphatic rings. The minimum atomic E-state index is -0.0280. The SMILES string of the molecule is CCOc1cccc2c(=O)ccn(CCC#N)c12. The Morgan fingerprint density at radius 1 is 1.39 bits per heavy atom. The second-order valence-corrected chi connectivity index (χ2v) is 3.87. The van der Waals surface area contributed by atoms with E-state index in [1.807, 2.05) is 23.6 Å². The van der Waals surface area contributed by atoms with E-state index in [9.17, 15) is 4.79 Å². The highest BCUT2D eigenvalue weighted by Crippen LogP contribution is 2.23. The summed E-state index contributed by atoms with van der Waals surface area (Å²) < 4.78 is 7.45. The van der Waals surface area contributed by atoms with Crippen molar-refractivity contribution in [2.45, 2.75) is 19.9 Å². The van der Waals surface area contributed by atoms with Crippen LogP contribution in [0.4, 0.5) is 0 Å². The molecule has 2 rings (SSSR count). The van der Waals surface area contributed by atoms with Gasteiger partial charge in [-0.3, -0.25) is 4.79 Å². The summed E-state index contributed by atoms with van der Waals surface area (Å²) in [4.78, 5) is 11.8. The Bertz CT molecular complexity index is 653. The molecule has 0 saturated carbocycles. The van der Waals surface area contributed by atoms with E-state index < -0.39 is 0 Å². The molecule has 0 N–H and O–H groups in total. The van der Waals surface area contributed by atoms with E-state index in [1.54, 1.807) is 12.3 Å². The number of nitriles is 1. The minimum absolute atomic E-state index is 0.0280. The molecular formula is C14H14N2O2. The van der Waals surface area contributed by atoms with Crippen molar-refractivity contribution in [3.63, 3.8) is 0 Å². The van der Waals surface area contributed by atoms with Crippen molar-refractivity contribution in [2.24, 2.45) is 0 Å². The summed E-state index contributed by atoms with van der Waals surface area (Å²) in [5, 5.41) is 9.30. The molecule has 0 atom stereocenters. The Kier molecular flexibility index (Phi) is 3.63. The lowest BCUT2D eigenvalue weighted by Gasteiger charge is -2.13. The van der Waals surface area contributed by atoms with Gasteiger partial charge in [-0.25, -0.2) is 0 Å². The molecule has 0 aliphatic heterocycles. The number of aryl methyl sites for hydroxylation is 1. The van der Waals surface area contributed by atoms with E-state index >= 15 is 0 Å². The average molecular weight is 242 g/mol. The monoisotopic (exact) mass is 242 g/mol. The van der Waals surface area contributed by atoms with Crippen LogP contribution in [0.2, 0.25) is 0 Å². The summed E-state index contributed by atoms with van der Waals surface area (Å²) in [6.07, 6.45) is 2.11. The summed E-state index contributed by atoms with van der Waals surface area (Å²) in [6, 6.07) is 9.06. The van der Waals surface area contributed by atoms with Gasteiger partial charge in [-0.05, 0) is 19.1 Å². The Morgan fingerprint density at radius 2 is 2.22 bits per heavy atom. The van der Waals surface area contributed by atoms with Gasteiger partial charge in [0.15, 0.2) is 5.43 Å². The van der Waals surface area contributed by atoms with E-state index in [-0.39, 0.29) is 5.43 Å². The summed E-state index contributed by atoms with van der Waals surface area (Å²) >= 11 is 0. The molecule has 0 radical (unpaired) electrons. The molecule has 4 heteroatoms. The van der Waals surface area contributed by atoms with Crippen LogP contribution in [-0.2, 0) is 6.54 Å². The number of aromatic nitrogens is 1. The topological polar surface area (TPSA) is 55.0 Å². The van der Waals surface area contributed by atoms with Gasteiger partial charge in [-0.15, -0.1) is 0 Å². The maximum atomic E-state index is 11.8. The quantitative estimate of drug-likeness (QED) is 0.826.